The minimum absolute atomic E-state index is 0.187. The van der Waals surface area contributed by atoms with E-state index in [2.05, 4.69) is 9.80 Å². The van der Waals surface area contributed by atoms with E-state index in [0.29, 0.717) is 18.2 Å². The van der Waals surface area contributed by atoms with Crippen LogP contribution in [-0.4, -0.2) is 60.3 Å². The minimum Gasteiger partial charge on any atom is -0.508 e. The van der Waals surface area contributed by atoms with E-state index in [4.69, 9.17) is 4.74 Å². The molecule has 2 aliphatic rings. The van der Waals surface area contributed by atoms with Crippen LogP contribution in [0.25, 0.3) is 0 Å². The predicted octanol–water partition coefficient (Wildman–Crippen LogP) is 1.83. The zero-order chi connectivity index (χ0) is 14.7. The number of halogens is 1. The lowest BCUT2D eigenvalue weighted by Crippen LogP contribution is -2.48. The summed E-state index contributed by atoms with van der Waals surface area (Å²) >= 11 is 0. The summed E-state index contributed by atoms with van der Waals surface area (Å²) in [4.78, 5) is 4.83. The largest absolute Gasteiger partial charge is 0.508 e. The van der Waals surface area contributed by atoms with Crippen molar-refractivity contribution in [3.63, 3.8) is 0 Å². The van der Waals surface area contributed by atoms with Crippen molar-refractivity contribution in [3.8, 4) is 5.75 Å². The van der Waals surface area contributed by atoms with Gasteiger partial charge in [-0.05, 0) is 44.1 Å². The average Bonchev–Trinajstić information content (AvgIpc) is 2.53. The fraction of sp³-hybridized carbons (Fsp3) is 0.625. The third-order valence-corrected chi connectivity index (χ3v) is 4.55. The van der Waals surface area contributed by atoms with Crippen LogP contribution in [0.4, 0.5) is 4.39 Å². The molecule has 0 bridgehead atoms. The number of phenolic OH excluding ortho intramolecular Hbond substituents is 1. The zero-order valence-electron chi connectivity index (χ0n) is 12.3. The van der Waals surface area contributed by atoms with E-state index in [1.807, 2.05) is 0 Å². The van der Waals surface area contributed by atoms with Gasteiger partial charge in [0.1, 0.15) is 11.6 Å². The predicted molar refractivity (Wildman–Crippen MR) is 78.8 cm³/mol. The SMILES string of the molecule is Oc1ccc(F)cc1CN1CCC(N2CCOCC2)CC1. The highest BCUT2D eigenvalue weighted by Crippen LogP contribution is 2.23. The Morgan fingerprint density at radius 1 is 1.14 bits per heavy atom. The molecule has 0 saturated carbocycles. The first-order valence-electron chi connectivity index (χ1n) is 7.74. The fourth-order valence-corrected chi connectivity index (χ4v) is 3.31. The Bertz CT molecular complexity index is 469. The highest BCUT2D eigenvalue weighted by molar-refractivity contribution is 5.32. The molecule has 0 unspecified atom stereocenters. The number of morpholine rings is 1. The molecule has 116 valence electrons. The number of hydrogen-bond acceptors (Lipinski definition) is 4. The smallest absolute Gasteiger partial charge is 0.123 e. The normalized spacial score (nSPS) is 22.5. The lowest BCUT2D eigenvalue weighted by atomic mass is 10.0. The summed E-state index contributed by atoms with van der Waals surface area (Å²) in [6, 6.07) is 4.81. The maximum absolute atomic E-state index is 13.3. The Labute approximate surface area is 125 Å². The first-order chi connectivity index (χ1) is 10.2. The monoisotopic (exact) mass is 294 g/mol. The van der Waals surface area contributed by atoms with Gasteiger partial charge >= 0.3 is 0 Å². The molecule has 0 spiro atoms. The second-order valence-corrected chi connectivity index (χ2v) is 5.93. The number of piperidine rings is 1. The Balaban J connectivity index is 1.52. The summed E-state index contributed by atoms with van der Waals surface area (Å²) in [6.07, 6.45) is 2.27. The molecule has 0 aromatic heterocycles. The maximum atomic E-state index is 13.3. The van der Waals surface area contributed by atoms with E-state index in [1.165, 1.54) is 18.2 Å². The van der Waals surface area contributed by atoms with Crippen molar-refractivity contribution in [2.24, 2.45) is 0 Å². The molecule has 1 N–H and O–H groups in total. The lowest BCUT2D eigenvalue weighted by molar-refractivity contribution is 0.000176. The highest BCUT2D eigenvalue weighted by Gasteiger charge is 2.26. The number of ether oxygens (including phenoxy) is 1. The summed E-state index contributed by atoms with van der Waals surface area (Å²) in [7, 11) is 0. The van der Waals surface area contributed by atoms with Gasteiger partial charge in [-0.2, -0.15) is 0 Å². The van der Waals surface area contributed by atoms with Gasteiger partial charge in [-0.1, -0.05) is 0 Å². The van der Waals surface area contributed by atoms with Gasteiger partial charge < -0.3 is 9.84 Å². The zero-order valence-corrected chi connectivity index (χ0v) is 12.3. The number of rotatable bonds is 3. The molecule has 0 aliphatic carbocycles. The van der Waals surface area contributed by atoms with Gasteiger partial charge in [-0.25, -0.2) is 4.39 Å². The molecular formula is C16H23FN2O2. The number of phenols is 1. The molecule has 1 aromatic rings. The molecule has 21 heavy (non-hydrogen) atoms. The molecule has 0 amide bonds. The summed E-state index contributed by atoms with van der Waals surface area (Å²) in [5.41, 5.74) is 0.680. The van der Waals surface area contributed by atoms with E-state index in [0.717, 1.165) is 52.2 Å². The van der Waals surface area contributed by atoms with E-state index < -0.39 is 0 Å². The van der Waals surface area contributed by atoms with Crippen LogP contribution in [0, 0.1) is 5.82 Å². The second-order valence-electron chi connectivity index (χ2n) is 5.93. The van der Waals surface area contributed by atoms with Crippen molar-refractivity contribution < 1.29 is 14.2 Å². The number of aromatic hydroxyl groups is 1. The van der Waals surface area contributed by atoms with Crippen molar-refractivity contribution >= 4 is 0 Å². The molecule has 0 radical (unpaired) electrons. The van der Waals surface area contributed by atoms with Crippen molar-refractivity contribution in [2.45, 2.75) is 25.4 Å². The van der Waals surface area contributed by atoms with Crippen molar-refractivity contribution in [3.05, 3.63) is 29.6 Å². The fourth-order valence-electron chi connectivity index (χ4n) is 3.31. The van der Waals surface area contributed by atoms with Crippen LogP contribution in [0.1, 0.15) is 18.4 Å². The topological polar surface area (TPSA) is 35.9 Å². The van der Waals surface area contributed by atoms with Crippen molar-refractivity contribution in [1.29, 1.82) is 0 Å². The van der Waals surface area contributed by atoms with Crippen molar-refractivity contribution in [1.82, 2.24) is 9.80 Å². The highest BCUT2D eigenvalue weighted by atomic mass is 19.1. The first-order valence-corrected chi connectivity index (χ1v) is 7.74. The summed E-state index contributed by atoms with van der Waals surface area (Å²) in [6.45, 7) is 6.38. The van der Waals surface area contributed by atoms with Crippen LogP contribution in [0.5, 0.6) is 5.75 Å². The number of benzene rings is 1. The molecule has 2 aliphatic heterocycles. The first kappa shape index (κ1) is 14.8. The van der Waals surface area contributed by atoms with Gasteiger partial charge in [-0.3, -0.25) is 9.80 Å². The second kappa shape index (κ2) is 6.73. The summed E-state index contributed by atoms with van der Waals surface area (Å²) in [5.74, 6) is -0.0993. The molecular weight excluding hydrogens is 271 g/mol. The molecule has 2 fully saturated rings. The third kappa shape index (κ3) is 3.73. The standard InChI is InChI=1S/C16H23FN2O2/c17-14-1-2-16(20)13(11-14)12-18-5-3-15(4-6-18)19-7-9-21-10-8-19/h1-2,11,15,20H,3-10,12H2. The van der Waals surface area contributed by atoms with Crippen molar-refractivity contribution in [2.75, 3.05) is 39.4 Å². The van der Waals surface area contributed by atoms with Gasteiger partial charge in [0.15, 0.2) is 0 Å². The molecule has 1 aromatic carbocycles. The van der Waals surface area contributed by atoms with Crippen LogP contribution in [-0.2, 0) is 11.3 Å². The molecule has 3 rings (SSSR count). The third-order valence-electron chi connectivity index (χ3n) is 4.55. The Morgan fingerprint density at radius 3 is 2.57 bits per heavy atom. The van der Waals surface area contributed by atoms with E-state index in [9.17, 15) is 9.50 Å². The molecule has 0 atom stereocenters. The molecule has 5 heteroatoms. The van der Waals surface area contributed by atoms with Gasteiger partial charge in [0.25, 0.3) is 0 Å². The van der Waals surface area contributed by atoms with Gasteiger partial charge in [-0.15, -0.1) is 0 Å². The Morgan fingerprint density at radius 2 is 1.86 bits per heavy atom. The van der Waals surface area contributed by atoms with Gasteiger partial charge in [0.05, 0.1) is 13.2 Å². The molecule has 2 saturated heterocycles. The van der Waals surface area contributed by atoms with Gasteiger partial charge in [0, 0.05) is 31.2 Å². The minimum atomic E-state index is -0.286. The van der Waals surface area contributed by atoms with E-state index >= 15 is 0 Å². The quantitative estimate of drug-likeness (QED) is 0.922. The van der Waals surface area contributed by atoms with E-state index in [1.54, 1.807) is 0 Å². The number of nitrogens with zero attached hydrogens (tertiary/aromatic N) is 2. The summed E-state index contributed by atoms with van der Waals surface area (Å²) in [5, 5.41) is 9.81. The maximum Gasteiger partial charge on any atom is 0.123 e. The van der Waals surface area contributed by atoms with Crippen LogP contribution in [0.2, 0.25) is 0 Å². The number of likely N-dealkylation sites (tertiary alicyclic amines) is 1. The number of hydrogen-bond donors (Lipinski definition) is 1. The van der Waals surface area contributed by atoms with Crippen LogP contribution < -0.4 is 0 Å². The molecule has 4 nitrogen and oxygen atoms in total. The van der Waals surface area contributed by atoms with Crippen LogP contribution in [0.3, 0.4) is 0 Å². The summed E-state index contributed by atoms with van der Waals surface area (Å²) < 4.78 is 18.7. The van der Waals surface area contributed by atoms with E-state index in [-0.39, 0.29) is 11.6 Å². The van der Waals surface area contributed by atoms with Gasteiger partial charge in [0.2, 0.25) is 0 Å². The Kier molecular flexibility index (Phi) is 4.73. The van der Waals surface area contributed by atoms with Crippen LogP contribution in [0.15, 0.2) is 18.2 Å². The van der Waals surface area contributed by atoms with Crippen LogP contribution >= 0.6 is 0 Å². The lowest BCUT2D eigenvalue weighted by Gasteiger charge is -2.40. The average molecular weight is 294 g/mol. The molecule has 2 heterocycles. The Hall–Kier alpha value is -1.17.